The van der Waals surface area contributed by atoms with Crippen LogP contribution in [0.1, 0.15) is 0 Å². The monoisotopic (exact) mass is 478 g/mol. The number of benzene rings is 3. The van der Waals surface area contributed by atoms with Gasteiger partial charge in [0.2, 0.25) is 9.84 Å². The number of hydrogen-bond acceptors (Lipinski definition) is 7. The molecule has 10 heteroatoms. The number of hydrogen-bond donors (Lipinski definition) is 1. The first kappa shape index (κ1) is 21.7. The minimum atomic E-state index is -4.18. The molecule has 0 saturated carbocycles. The highest BCUT2D eigenvalue weighted by Crippen LogP contribution is 2.40. The molecule has 0 bridgehead atoms. The van der Waals surface area contributed by atoms with Crippen molar-refractivity contribution >= 4 is 37.9 Å². The van der Waals surface area contributed by atoms with Crippen molar-refractivity contribution in [3.05, 3.63) is 72.5 Å². The maximum atomic E-state index is 13.7. The molecular weight excluding hydrogens is 459 g/mol. The summed E-state index contributed by atoms with van der Waals surface area (Å²) in [5.74, 6) is 0.288. The van der Waals surface area contributed by atoms with Crippen LogP contribution in [-0.4, -0.2) is 37.2 Å². The number of aromatic nitrogens is 3. The molecule has 5 rings (SSSR count). The van der Waals surface area contributed by atoms with Gasteiger partial charge in [0.15, 0.2) is 5.65 Å². The highest BCUT2D eigenvalue weighted by Gasteiger charge is 2.31. The van der Waals surface area contributed by atoms with Gasteiger partial charge in [0.25, 0.3) is 0 Å². The smallest absolute Gasteiger partial charge is 0.212 e. The van der Waals surface area contributed by atoms with E-state index in [9.17, 15) is 12.8 Å². The molecule has 0 aliphatic rings. The van der Waals surface area contributed by atoms with Crippen molar-refractivity contribution in [1.82, 2.24) is 14.5 Å². The molecule has 2 aromatic heterocycles. The van der Waals surface area contributed by atoms with Crippen molar-refractivity contribution in [3.8, 4) is 17.2 Å². The van der Waals surface area contributed by atoms with Gasteiger partial charge in [-0.3, -0.25) is 4.57 Å². The number of halogens is 1. The number of nitrogens with two attached hydrogens (primary N) is 1. The van der Waals surface area contributed by atoms with Crippen molar-refractivity contribution in [2.75, 3.05) is 20.0 Å². The zero-order chi connectivity index (χ0) is 24.0. The zero-order valence-electron chi connectivity index (χ0n) is 18.2. The van der Waals surface area contributed by atoms with E-state index in [0.717, 1.165) is 12.1 Å². The number of para-hydroxylation sites is 2. The van der Waals surface area contributed by atoms with Gasteiger partial charge in [0, 0.05) is 6.07 Å². The fourth-order valence-electron chi connectivity index (χ4n) is 3.85. The number of nitrogen functional groups attached to an aromatic ring is 1. The SMILES string of the molecule is COc1ccc(-n2c(N)c(S(=O)(=O)c3ccc(F)cc3)c3nc4ccccc4nc32)c(OC)c1. The van der Waals surface area contributed by atoms with Crippen LogP contribution in [0, 0.1) is 5.82 Å². The summed E-state index contributed by atoms with van der Waals surface area (Å²) in [5.41, 5.74) is 8.35. The van der Waals surface area contributed by atoms with Crippen LogP contribution in [0.4, 0.5) is 10.2 Å². The van der Waals surface area contributed by atoms with E-state index in [0.29, 0.717) is 28.2 Å². The van der Waals surface area contributed by atoms with E-state index in [1.807, 2.05) is 6.07 Å². The molecule has 0 aliphatic carbocycles. The van der Waals surface area contributed by atoms with Gasteiger partial charge in [0.1, 0.15) is 33.5 Å². The molecule has 0 aliphatic heterocycles. The Morgan fingerprint density at radius 3 is 2.24 bits per heavy atom. The summed E-state index contributed by atoms with van der Waals surface area (Å²) in [7, 11) is -1.17. The van der Waals surface area contributed by atoms with Crippen LogP contribution in [0.2, 0.25) is 0 Å². The number of sulfone groups is 1. The van der Waals surface area contributed by atoms with Gasteiger partial charge in [-0.15, -0.1) is 0 Å². The van der Waals surface area contributed by atoms with Crippen molar-refractivity contribution in [2.24, 2.45) is 0 Å². The Labute approximate surface area is 194 Å². The Morgan fingerprint density at radius 2 is 1.59 bits per heavy atom. The largest absolute Gasteiger partial charge is 0.497 e. The molecule has 2 heterocycles. The van der Waals surface area contributed by atoms with E-state index >= 15 is 0 Å². The van der Waals surface area contributed by atoms with Crippen molar-refractivity contribution in [1.29, 1.82) is 0 Å². The minimum absolute atomic E-state index is 0.0957. The molecule has 34 heavy (non-hydrogen) atoms. The Bertz CT molecular complexity index is 1660. The van der Waals surface area contributed by atoms with Gasteiger partial charge in [-0.1, -0.05) is 12.1 Å². The van der Waals surface area contributed by atoms with Crippen molar-refractivity contribution < 1.29 is 22.3 Å². The second-order valence-corrected chi connectivity index (χ2v) is 9.32. The highest BCUT2D eigenvalue weighted by molar-refractivity contribution is 7.92. The van der Waals surface area contributed by atoms with Gasteiger partial charge in [-0.05, 0) is 48.5 Å². The fraction of sp³-hybridized carbons (Fsp3) is 0.0833. The number of nitrogens with zero attached hydrogens (tertiary/aromatic N) is 3. The Morgan fingerprint density at radius 1 is 0.912 bits per heavy atom. The van der Waals surface area contributed by atoms with E-state index in [-0.39, 0.29) is 26.8 Å². The number of methoxy groups -OCH3 is 2. The number of anilines is 1. The fourth-order valence-corrected chi connectivity index (χ4v) is 5.33. The van der Waals surface area contributed by atoms with E-state index in [1.54, 1.807) is 36.4 Å². The van der Waals surface area contributed by atoms with Gasteiger partial charge < -0.3 is 15.2 Å². The molecule has 5 aromatic rings. The normalized spacial score (nSPS) is 11.7. The first-order valence-corrected chi connectivity index (χ1v) is 11.6. The van der Waals surface area contributed by atoms with Crippen LogP contribution in [0.5, 0.6) is 11.5 Å². The summed E-state index contributed by atoms with van der Waals surface area (Å²) in [4.78, 5) is 8.95. The molecule has 172 valence electrons. The van der Waals surface area contributed by atoms with E-state index < -0.39 is 15.7 Å². The standard InChI is InChI=1S/C24H19FN4O4S/c1-32-15-9-12-19(20(13-15)33-2)29-23(26)22(34(30,31)16-10-7-14(25)8-11-16)21-24(29)28-18-6-4-3-5-17(18)27-21/h3-13H,26H2,1-2H3. The summed E-state index contributed by atoms with van der Waals surface area (Å²) in [6.07, 6.45) is 0. The van der Waals surface area contributed by atoms with Crippen molar-refractivity contribution in [3.63, 3.8) is 0 Å². The second kappa shape index (κ2) is 7.99. The Balaban J connectivity index is 1.90. The van der Waals surface area contributed by atoms with Crippen LogP contribution in [0.15, 0.2) is 76.5 Å². The lowest BCUT2D eigenvalue weighted by Crippen LogP contribution is -2.08. The quantitative estimate of drug-likeness (QED) is 0.378. The van der Waals surface area contributed by atoms with E-state index in [4.69, 9.17) is 15.2 Å². The molecule has 2 N–H and O–H groups in total. The highest BCUT2D eigenvalue weighted by atomic mass is 32.2. The predicted octanol–water partition coefficient (Wildman–Crippen LogP) is 4.15. The molecule has 8 nitrogen and oxygen atoms in total. The molecule has 0 radical (unpaired) electrons. The summed E-state index contributed by atoms with van der Waals surface area (Å²) in [6, 6.07) is 16.7. The summed E-state index contributed by atoms with van der Waals surface area (Å²) in [5, 5.41) is 0. The van der Waals surface area contributed by atoms with Crippen LogP contribution in [-0.2, 0) is 9.84 Å². The number of rotatable bonds is 5. The molecule has 0 saturated heterocycles. The first-order valence-electron chi connectivity index (χ1n) is 10.1. The van der Waals surface area contributed by atoms with Gasteiger partial charge >= 0.3 is 0 Å². The average molecular weight is 479 g/mol. The lowest BCUT2D eigenvalue weighted by atomic mass is 10.2. The zero-order valence-corrected chi connectivity index (χ0v) is 19.0. The van der Waals surface area contributed by atoms with Crippen LogP contribution >= 0.6 is 0 Å². The number of ether oxygens (including phenoxy) is 2. The average Bonchev–Trinajstić information content (AvgIpc) is 3.13. The first-order chi connectivity index (χ1) is 16.3. The second-order valence-electron chi connectivity index (χ2n) is 7.43. The van der Waals surface area contributed by atoms with Gasteiger partial charge in [0.05, 0.1) is 35.8 Å². The molecule has 0 spiro atoms. The minimum Gasteiger partial charge on any atom is -0.497 e. The molecule has 0 fully saturated rings. The predicted molar refractivity (Wildman–Crippen MR) is 126 cm³/mol. The van der Waals surface area contributed by atoms with Crippen LogP contribution in [0.25, 0.3) is 27.9 Å². The summed E-state index contributed by atoms with van der Waals surface area (Å²) >= 11 is 0. The molecular formula is C24H19FN4O4S. The third-order valence-corrected chi connectivity index (χ3v) is 7.31. The lowest BCUT2D eigenvalue weighted by molar-refractivity contribution is 0.393. The lowest BCUT2D eigenvalue weighted by Gasteiger charge is -2.13. The maximum absolute atomic E-state index is 13.7. The maximum Gasteiger partial charge on any atom is 0.212 e. The van der Waals surface area contributed by atoms with Crippen molar-refractivity contribution in [2.45, 2.75) is 9.79 Å². The Kier molecular flexibility index (Phi) is 5.09. The van der Waals surface area contributed by atoms with Gasteiger partial charge in [-0.2, -0.15) is 0 Å². The van der Waals surface area contributed by atoms with Gasteiger partial charge in [-0.25, -0.2) is 22.8 Å². The van der Waals surface area contributed by atoms with E-state index in [1.165, 1.54) is 30.9 Å². The molecule has 0 unspecified atom stereocenters. The summed E-state index contributed by atoms with van der Waals surface area (Å²) < 4.78 is 53.1. The third kappa shape index (κ3) is 3.30. The third-order valence-electron chi connectivity index (χ3n) is 5.47. The number of fused-ring (bicyclic) bond motifs is 2. The Hall–Kier alpha value is -4.18. The van der Waals surface area contributed by atoms with E-state index in [2.05, 4.69) is 9.97 Å². The molecule has 3 aromatic carbocycles. The molecule has 0 amide bonds. The van der Waals surface area contributed by atoms with Crippen LogP contribution < -0.4 is 15.2 Å². The summed E-state index contributed by atoms with van der Waals surface area (Å²) in [6.45, 7) is 0. The van der Waals surface area contributed by atoms with Crippen LogP contribution in [0.3, 0.4) is 0 Å². The topological polar surface area (TPSA) is 109 Å². The molecule has 0 atom stereocenters.